The van der Waals surface area contributed by atoms with Crippen molar-refractivity contribution in [3.8, 4) is 0 Å². The van der Waals surface area contributed by atoms with Crippen LogP contribution >= 0.6 is 11.6 Å². The maximum atomic E-state index is 5.88. The van der Waals surface area contributed by atoms with Gasteiger partial charge in [-0.3, -0.25) is 9.89 Å². The van der Waals surface area contributed by atoms with Crippen LogP contribution in [0.3, 0.4) is 0 Å². The maximum Gasteiger partial charge on any atom is 0.191 e. The normalized spacial score (nSPS) is 13.3. The lowest BCUT2D eigenvalue weighted by Gasteiger charge is -2.27. The highest BCUT2D eigenvalue weighted by Crippen LogP contribution is 2.09. The predicted molar refractivity (Wildman–Crippen MR) is 92.0 cm³/mol. The summed E-state index contributed by atoms with van der Waals surface area (Å²) < 4.78 is 0. The lowest BCUT2D eigenvalue weighted by Crippen LogP contribution is -2.45. The number of nitrogens with one attached hydrogen (secondary N) is 2. The molecule has 2 N–H and O–H groups in total. The highest BCUT2D eigenvalue weighted by atomic mass is 35.5. The standard InChI is InChI=1S/C16H27ClN4/c1-5-21(6-2)13(3)11-19-16(18-4)20-12-14-7-9-15(17)10-8-14/h7-10,13H,5-6,11-12H2,1-4H3,(H2,18,19,20). The Hall–Kier alpha value is -1.26. The summed E-state index contributed by atoms with van der Waals surface area (Å²) >= 11 is 5.88. The van der Waals surface area contributed by atoms with Crippen molar-refractivity contribution in [1.82, 2.24) is 15.5 Å². The van der Waals surface area contributed by atoms with Crippen molar-refractivity contribution in [2.45, 2.75) is 33.4 Å². The van der Waals surface area contributed by atoms with Gasteiger partial charge in [-0.05, 0) is 37.7 Å². The topological polar surface area (TPSA) is 39.7 Å². The van der Waals surface area contributed by atoms with Gasteiger partial charge in [-0.25, -0.2) is 0 Å². The lowest BCUT2D eigenvalue weighted by atomic mass is 10.2. The van der Waals surface area contributed by atoms with Gasteiger partial charge in [0.05, 0.1) is 0 Å². The third-order valence-corrected chi connectivity index (χ3v) is 3.85. The summed E-state index contributed by atoms with van der Waals surface area (Å²) in [6.45, 7) is 10.3. The number of likely N-dealkylation sites (N-methyl/N-ethyl adjacent to an activating group) is 1. The molecule has 0 aromatic heterocycles. The monoisotopic (exact) mass is 310 g/mol. The van der Waals surface area contributed by atoms with Crippen molar-refractivity contribution >= 4 is 17.6 Å². The molecule has 1 rings (SSSR count). The van der Waals surface area contributed by atoms with Crippen molar-refractivity contribution in [3.05, 3.63) is 34.9 Å². The van der Waals surface area contributed by atoms with Crippen molar-refractivity contribution in [2.24, 2.45) is 4.99 Å². The Bertz CT molecular complexity index is 426. The van der Waals surface area contributed by atoms with Gasteiger partial charge in [-0.1, -0.05) is 37.6 Å². The van der Waals surface area contributed by atoms with Crippen LogP contribution in [0.4, 0.5) is 0 Å². The molecule has 0 radical (unpaired) electrons. The molecule has 1 unspecified atom stereocenters. The second kappa shape index (κ2) is 9.64. The maximum absolute atomic E-state index is 5.88. The average Bonchev–Trinajstić information content (AvgIpc) is 2.50. The van der Waals surface area contributed by atoms with Gasteiger partial charge in [0.2, 0.25) is 0 Å². The fourth-order valence-corrected chi connectivity index (χ4v) is 2.36. The van der Waals surface area contributed by atoms with Crippen LogP contribution in [0.25, 0.3) is 0 Å². The van der Waals surface area contributed by atoms with Gasteiger partial charge in [-0.15, -0.1) is 0 Å². The van der Waals surface area contributed by atoms with E-state index in [1.807, 2.05) is 24.3 Å². The van der Waals surface area contributed by atoms with Gasteiger partial charge >= 0.3 is 0 Å². The molecule has 0 aliphatic rings. The quantitative estimate of drug-likeness (QED) is 0.601. The zero-order chi connectivity index (χ0) is 15.7. The fraction of sp³-hybridized carbons (Fsp3) is 0.562. The minimum atomic E-state index is 0.481. The van der Waals surface area contributed by atoms with Gasteiger partial charge in [0, 0.05) is 31.2 Å². The molecule has 1 aromatic rings. The molecule has 1 aromatic carbocycles. The third-order valence-electron chi connectivity index (χ3n) is 3.60. The number of aliphatic imine (C=N–C) groups is 1. The van der Waals surface area contributed by atoms with Crippen LogP contribution in [0.2, 0.25) is 5.02 Å². The van der Waals surface area contributed by atoms with Crippen LogP contribution in [-0.4, -0.2) is 43.6 Å². The molecule has 0 spiro atoms. The Labute approximate surface area is 133 Å². The van der Waals surface area contributed by atoms with Crippen LogP contribution in [0.1, 0.15) is 26.3 Å². The van der Waals surface area contributed by atoms with Gasteiger partial charge < -0.3 is 10.6 Å². The van der Waals surface area contributed by atoms with E-state index in [0.717, 1.165) is 37.2 Å². The van der Waals surface area contributed by atoms with E-state index in [1.54, 1.807) is 7.05 Å². The molecule has 0 bridgehead atoms. The van der Waals surface area contributed by atoms with Gasteiger partial charge in [0.25, 0.3) is 0 Å². The minimum Gasteiger partial charge on any atom is -0.355 e. The van der Waals surface area contributed by atoms with E-state index in [9.17, 15) is 0 Å². The highest BCUT2D eigenvalue weighted by molar-refractivity contribution is 6.30. The molecule has 0 saturated carbocycles. The van der Waals surface area contributed by atoms with E-state index < -0.39 is 0 Å². The van der Waals surface area contributed by atoms with Crippen molar-refractivity contribution in [2.75, 3.05) is 26.7 Å². The zero-order valence-electron chi connectivity index (χ0n) is 13.5. The summed E-state index contributed by atoms with van der Waals surface area (Å²) in [5.41, 5.74) is 1.18. The SMILES string of the molecule is CCN(CC)C(C)CNC(=NC)NCc1ccc(Cl)cc1. The molecule has 0 aliphatic heterocycles. The Kier molecular flexibility index (Phi) is 8.16. The molecule has 21 heavy (non-hydrogen) atoms. The molecule has 0 saturated heterocycles. The Morgan fingerprint density at radius 1 is 1.19 bits per heavy atom. The summed E-state index contributed by atoms with van der Waals surface area (Å²) in [6, 6.07) is 8.31. The van der Waals surface area contributed by atoms with Gasteiger partial charge in [0.1, 0.15) is 0 Å². The average molecular weight is 311 g/mol. The van der Waals surface area contributed by atoms with E-state index in [4.69, 9.17) is 11.6 Å². The van der Waals surface area contributed by atoms with E-state index >= 15 is 0 Å². The summed E-state index contributed by atoms with van der Waals surface area (Å²) in [5.74, 6) is 0.823. The summed E-state index contributed by atoms with van der Waals surface area (Å²) in [7, 11) is 1.79. The van der Waals surface area contributed by atoms with Gasteiger partial charge in [-0.2, -0.15) is 0 Å². The summed E-state index contributed by atoms with van der Waals surface area (Å²) in [4.78, 5) is 6.67. The van der Waals surface area contributed by atoms with Crippen LogP contribution in [-0.2, 0) is 6.54 Å². The van der Waals surface area contributed by atoms with Crippen molar-refractivity contribution < 1.29 is 0 Å². The molecule has 0 amide bonds. The molecular weight excluding hydrogens is 284 g/mol. The molecular formula is C16H27ClN4. The van der Waals surface area contributed by atoms with E-state index in [2.05, 4.69) is 41.3 Å². The third kappa shape index (κ3) is 6.36. The molecule has 1 atom stereocenters. The van der Waals surface area contributed by atoms with Gasteiger partial charge in [0.15, 0.2) is 5.96 Å². The first-order chi connectivity index (χ1) is 10.1. The summed E-state index contributed by atoms with van der Waals surface area (Å²) in [5, 5.41) is 7.44. The number of benzene rings is 1. The number of nitrogens with zero attached hydrogens (tertiary/aromatic N) is 2. The first kappa shape index (κ1) is 17.8. The Morgan fingerprint density at radius 2 is 1.81 bits per heavy atom. The second-order valence-corrected chi connectivity index (χ2v) is 5.44. The number of guanidine groups is 1. The molecule has 0 heterocycles. The first-order valence-electron chi connectivity index (χ1n) is 7.53. The Balaban J connectivity index is 2.40. The van der Waals surface area contributed by atoms with E-state index in [0.29, 0.717) is 6.04 Å². The predicted octanol–water partition coefficient (Wildman–Crippen LogP) is 2.74. The second-order valence-electron chi connectivity index (χ2n) is 5.00. The fourth-order valence-electron chi connectivity index (χ4n) is 2.23. The highest BCUT2D eigenvalue weighted by Gasteiger charge is 2.10. The summed E-state index contributed by atoms with van der Waals surface area (Å²) in [6.07, 6.45) is 0. The minimum absolute atomic E-state index is 0.481. The largest absolute Gasteiger partial charge is 0.355 e. The first-order valence-corrected chi connectivity index (χ1v) is 7.91. The zero-order valence-corrected chi connectivity index (χ0v) is 14.2. The van der Waals surface area contributed by atoms with Crippen molar-refractivity contribution in [1.29, 1.82) is 0 Å². The number of hydrogen-bond acceptors (Lipinski definition) is 2. The molecule has 0 aliphatic carbocycles. The lowest BCUT2D eigenvalue weighted by molar-refractivity contribution is 0.231. The molecule has 0 fully saturated rings. The van der Waals surface area contributed by atoms with E-state index in [-0.39, 0.29) is 0 Å². The van der Waals surface area contributed by atoms with E-state index in [1.165, 1.54) is 5.56 Å². The van der Waals surface area contributed by atoms with Crippen LogP contribution in [0.15, 0.2) is 29.3 Å². The molecule has 4 nitrogen and oxygen atoms in total. The van der Waals surface area contributed by atoms with Crippen LogP contribution in [0, 0.1) is 0 Å². The smallest absolute Gasteiger partial charge is 0.191 e. The molecule has 118 valence electrons. The van der Waals surface area contributed by atoms with Crippen LogP contribution in [0.5, 0.6) is 0 Å². The number of halogens is 1. The van der Waals surface area contributed by atoms with Crippen LogP contribution < -0.4 is 10.6 Å². The van der Waals surface area contributed by atoms with Crippen molar-refractivity contribution in [3.63, 3.8) is 0 Å². The number of hydrogen-bond donors (Lipinski definition) is 2. The Morgan fingerprint density at radius 3 is 2.33 bits per heavy atom. The molecule has 5 heteroatoms. The number of rotatable bonds is 7.